The zero-order valence-electron chi connectivity index (χ0n) is 8.00. The third-order valence-corrected chi connectivity index (χ3v) is 1.55. The molecule has 0 unspecified atom stereocenters. The lowest BCUT2D eigenvalue weighted by Crippen LogP contribution is -1.81. The molecule has 1 nitrogen and oxygen atoms in total. The van der Waals surface area contributed by atoms with E-state index >= 15 is 0 Å². The molecule has 1 aliphatic rings. The summed E-state index contributed by atoms with van der Waals surface area (Å²) >= 11 is 0. The van der Waals surface area contributed by atoms with Crippen molar-refractivity contribution < 1.29 is 4.74 Å². The van der Waals surface area contributed by atoms with Gasteiger partial charge < -0.3 is 4.74 Å². The number of allylic oxidation sites excluding steroid dienone is 1. The van der Waals surface area contributed by atoms with Crippen molar-refractivity contribution in [1.29, 1.82) is 0 Å². The fraction of sp³-hybridized carbons (Fsp3) is 0.231. The van der Waals surface area contributed by atoms with E-state index in [1.165, 1.54) is 0 Å². The van der Waals surface area contributed by atoms with Gasteiger partial charge in [-0.1, -0.05) is 17.9 Å². The standard InChI is InChI=1S/C13H10O/c1-3-5-6-7-8-9-10-11-13-12(4-2)14-13/h4,10-13H,2H2,1H3/b11-10+/t12-,13+/m1/s1. The topological polar surface area (TPSA) is 12.5 Å². The van der Waals surface area contributed by atoms with Gasteiger partial charge in [0.25, 0.3) is 0 Å². The van der Waals surface area contributed by atoms with Gasteiger partial charge in [0.15, 0.2) is 0 Å². The summed E-state index contributed by atoms with van der Waals surface area (Å²) < 4.78 is 5.18. The van der Waals surface area contributed by atoms with Crippen molar-refractivity contribution in [3.63, 3.8) is 0 Å². The van der Waals surface area contributed by atoms with Gasteiger partial charge >= 0.3 is 0 Å². The number of ether oxygens (including phenoxy) is 1. The fourth-order valence-electron chi connectivity index (χ4n) is 0.826. The van der Waals surface area contributed by atoms with Crippen LogP contribution in [0.5, 0.6) is 0 Å². The van der Waals surface area contributed by atoms with Crippen LogP contribution in [-0.2, 0) is 4.74 Å². The second kappa shape index (κ2) is 5.71. The molecule has 2 atom stereocenters. The van der Waals surface area contributed by atoms with Gasteiger partial charge in [-0.2, -0.15) is 0 Å². The second-order valence-corrected chi connectivity index (χ2v) is 2.55. The summed E-state index contributed by atoms with van der Waals surface area (Å²) in [5, 5.41) is 0. The molecule has 0 aromatic heterocycles. The first kappa shape index (κ1) is 10.2. The van der Waals surface area contributed by atoms with Crippen molar-refractivity contribution in [2.24, 2.45) is 0 Å². The Bertz CT molecular complexity index is 409. The fourth-order valence-corrected chi connectivity index (χ4v) is 0.826. The normalized spacial score (nSPS) is 22.1. The van der Waals surface area contributed by atoms with E-state index in [-0.39, 0.29) is 12.2 Å². The van der Waals surface area contributed by atoms with Gasteiger partial charge in [0.1, 0.15) is 12.2 Å². The molecule has 1 heteroatoms. The molecule has 14 heavy (non-hydrogen) atoms. The van der Waals surface area contributed by atoms with Crippen molar-refractivity contribution >= 4 is 0 Å². The van der Waals surface area contributed by atoms with Gasteiger partial charge in [0.05, 0.1) is 0 Å². The predicted molar refractivity (Wildman–Crippen MR) is 57.0 cm³/mol. The van der Waals surface area contributed by atoms with E-state index in [1.54, 1.807) is 19.1 Å². The molecule has 1 fully saturated rings. The van der Waals surface area contributed by atoms with Gasteiger partial charge in [0.2, 0.25) is 0 Å². The maximum atomic E-state index is 5.18. The molecule has 0 radical (unpaired) electrons. The number of hydrogen-bond acceptors (Lipinski definition) is 1. The summed E-state index contributed by atoms with van der Waals surface area (Å²) in [4.78, 5) is 0. The third-order valence-electron chi connectivity index (χ3n) is 1.55. The first-order chi connectivity index (χ1) is 6.88. The Kier molecular flexibility index (Phi) is 4.16. The second-order valence-electron chi connectivity index (χ2n) is 2.55. The van der Waals surface area contributed by atoms with Crippen molar-refractivity contribution in [2.75, 3.05) is 0 Å². The van der Waals surface area contributed by atoms with Gasteiger partial charge in [-0.05, 0) is 42.8 Å². The van der Waals surface area contributed by atoms with E-state index in [0.717, 1.165) is 0 Å². The molecule has 0 saturated carbocycles. The summed E-state index contributed by atoms with van der Waals surface area (Å²) in [6, 6.07) is 0. The molecular formula is C13H10O. The number of epoxide rings is 1. The highest BCUT2D eigenvalue weighted by Gasteiger charge is 2.32. The average Bonchev–Trinajstić information content (AvgIpc) is 2.95. The van der Waals surface area contributed by atoms with E-state index in [1.807, 2.05) is 6.08 Å². The predicted octanol–water partition coefficient (Wildman–Crippen LogP) is 1.53. The maximum Gasteiger partial charge on any atom is 0.107 e. The summed E-state index contributed by atoms with van der Waals surface area (Å²) in [5.41, 5.74) is 0. The zero-order chi connectivity index (χ0) is 10.2. The van der Waals surface area contributed by atoms with Crippen LogP contribution in [0.15, 0.2) is 24.8 Å². The summed E-state index contributed by atoms with van der Waals surface area (Å²) in [7, 11) is 0. The molecule has 1 aliphatic heterocycles. The maximum absolute atomic E-state index is 5.18. The lowest BCUT2D eigenvalue weighted by molar-refractivity contribution is 0.413. The Morgan fingerprint density at radius 1 is 1.14 bits per heavy atom. The molecule has 0 bridgehead atoms. The Morgan fingerprint density at radius 2 is 1.93 bits per heavy atom. The summed E-state index contributed by atoms with van der Waals surface area (Å²) in [6.07, 6.45) is 5.74. The molecule has 0 aromatic carbocycles. The molecule has 1 saturated heterocycles. The zero-order valence-corrected chi connectivity index (χ0v) is 8.00. The third kappa shape index (κ3) is 3.68. The van der Waals surface area contributed by atoms with E-state index in [2.05, 4.69) is 42.1 Å². The molecule has 1 rings (SSSR count). The minimum Gasteiger partial charge on any atom is -0.361 e. The van der Waals surface area contributed by atoms with E-state index in [0.29, 0.717) is 0 Å². The van der Waals surface area contributed by atoms with Crippen molar-refractivity contribution in [1.82, 2.24) is 0 Å². The van der Waals surface area contributed by atoms with Crippen LogP contribution in [0.2, 0.25) is 0 Å². The van der Waals surface area contributed by atoms with E-state index < -0.39 is 0 Å². The molecule has 0 aliphatic carbocycles. The van der Waals surface area contributed by atoms with Gasteiger partial charge in [-0.3, -0.25) is 0 Å². The molecular weight excluding hydrogens is 172 g/mol. The lowest BCUT2D eigenvalue weighted by Gasteiger charge is -1.71. The molecule has 0 spiro atoms. The van der Waals surface area contributed by atoms with E-state index in [4.69, 9.17) is 4.74 Å². The Labute approximate surface area is 84.8 Å². The van der Waals surface area contributed by atoms with Crippen LogP contribution in [0.4, 0.5) is 0 Å². The smallest absolute Gasteiger partial charge is 0.107 e. The number of hydrogen-bond donors (Lipinski definition) is 0. The first-order valence-corrected chi connectivity index (χ1v) is 4.25. The average molecular weight is 182 g/mol. The molecule has 1 heterocycles. The van der Waals surface area contributed by atoms with E-state index in [9.17, 15) is 0 Å². The van der Waals surface area contributed by atoms with Gasteiger partial charge in [-0.15, -0.1) is 6.58 Å². The Hall–Kier alpha value is -1.88. The summed E-state index contributed by atoms with van der Waals surface area (Å²) in [5.74, 6) is 15.9. The SMILES string of the molecule is C=C[C@H]1O[C@H]1/C=C/C#CC#CC#CC. The van der Waals surface area contributed by atoms with Crippen molar-refractivity contribution in [3.05, 3.63) is 24.8 Å². The highest BCUT2D eigenvalue weighted by atomic mass is 16.6. The van der Waals surface area contributed by atoms with Gasteiger partial charge in [-0.25, -0.2) is 0 Å². The number of rotatable bonds is 2. The monoisotopic (exact) mass is 182 g/mol. The van der Waals surface area contributed by atoms with Crippen LogP contribution in [0.25, 0.3) is 0 Å². The van der Waals surface area contributed by atoms with Crippen molar-refractivity contribution in [2.45, 2.75) is 19.1 Å². The highest BCUT2D eigenvalue weighted by Crippen LogP contribution is 2.23. The quantitative estimate of drug-likeness (QED) is 0.358. The van der Waals surface area contributed by atoms with Crippen LogP contribution in [-0.4, -0.2) is 12.2 Å². The summed E-state index contributed by atoms with van der Waals surface area (Å²) in [6.45, 7) is 5.36. The van der Waals surface area contributed by atoms with Gasteiger partial charge in [0, 0.05) is 0 Å². The highest BCUT2D eigenvalue weighted by molar-refractivity contribution is 5.37. The molecule has 68 valence electrons. The van der Waals surface area contributed by atoms with Crippen LogP contribution in [0, 0.1) is 35.5 Å². The molecule has 0 N–H and O–H groups in total. The Morgan fingerprint density at radius 3 is 2.57 bits per heavy atom. The van der Waals surface area contributed by atoms with Crippen LogP contribution in [0.3, 0.4) is 0 Å². The lowest BCUT2D eigenvalue weighted by atomic mass is 10.3. The molecule has 0 aromatic rings. The largest absolute Gasteiger partial charge is 0.361 e. The minimum atomic E-state index is 0.158. The van der Waals surface area contributed by atoms with Crippen molar-refractivity contribution in [3.8, 4) is 35.5 Å². The van der Waals surface area contributed by atoms with Crippen LogP contribution < -0.4 is 0 Å². The molecule has 0 amide bonds. The van der Waals surface area contributed by atoms with Crippen LogP contribution in [0.1, 0.15) is 6.92 Å². The Balaban J connectivity index is 2.29. The first-order valence-electron chi connectivity index (χ1n) is 4.25. The minimum absolute atomic E-state index is 0.158. The van der Waals surface area contributed by atoms with Crippen LogP contribution >= 0.6 is 0 Å².